The number of halogens is 3. The van der Waals surface area contributed by atoms with Crippen LogP contribution in [-0.4, -0.2) is 51.1 Å². The molecular weight excluding hydrogens is 387 g/mol. The lowest BCUT2D eigenvalue weighted by Gasteiger charge is -2.41. The lowest BCUT2D eigenvalue weighted by molar-refractivity contribution is -0.175. The number of hydrogen-bond donors (Lipinski definition) is 1. The molecule has 158 valence electrons. The summed E-state index contributed by atoms with van der Waals surface area (Å²) in [5.74, 6) is 1.01. The first-order chi connectivity index (χ1) is 13.8. The molecular formula is C19H24F3N5O2. The summed E-state index contributed by atoms with van der Waals surface area (Å²) in [6.07, 6.45) is -0.563. The van der Waals surface area contributed by atoms with Crippen LogP contribution in [0.1, 0.15) is 43.2 Å². The number of nitrogens with zero attached hydrogens (tertiary/aromatic N) is 4. The Kier molecular flexibility index (Phi) is 5.26. The topological polar surface area (TPSA) is 76.2 Å². The molecule has 0 saturated carbocycles. The van der Waals surface area contributed by atoms with E-state index in [0.29, 0.717) is 43.2 Å². The van der Waals surface area contributed by atoms with Gasteiger partial charge in [-0.1, -0.05) is 5.16 Å². The minimum Gasteiger partial charge on any atom is -0.367 e. The Bertz CT molecular complexity index is 849. The molecule has 1 saturated heterocycles. The van der Waals surface area contributed by atoms with Crippen LogP contribution in [0.15, 0.2) is 22.9 Å². The van der Waals surface area contributed by atoms with Gasteiger partial charge in [0.2, 0.25) is 5.91 Å². The Morgan fingerprint density at radius 1 is 1.41 bits per heavy atom. The van der Waals surface area contributed by atoms with Crippen molar-refractivity contribution in [3.8, 4) is 0 Å². The van der Waals surface area contributed by atoms with Gasteiger partial charge in [0.1, 0.15) is 11.6 Å². The van der Waals surface area contributed by atoms with Crippen molar-refractivity contribution in [1.82, 2.24) is 19.8 Å². The Balaban J connectivity index is 1.43. The minimum absolute atomic E-state index is 0.00447. The first-order valence-corrected chi connectivity index (χ1v) is 9.88. The second kappa shape index (κ2) is 7.72. The molecule has 0 spiro atoms. The Morgan fingerprint density at radius 3 is 2.97 bits per heavy atom. The van der Waals surface area contributed by atoms with Gasteiger partial charge in [-0.2, -0.15) is 18.3 Å². The van der Waals surface area contributed by atoms with Crippen LogP contribution in [0.5, 0.6) is 0 Å². The van der Waals surface area contributed by atoms with Crippen LogP contribution >= 0.6 is 0 Å². The van der Waals surface area contributed by atoms with Gasteiger partial charge in [0, 0.05) is 44.1 Å². The summed E-state index contributed by atoms with van der Waals surface area (Å²) in [4.78, 5) is 14.4. The van der Waals surface area contributed by atoms with Crippen molar-refractivity contribution in [3.05, 3.63) is 29.8 Å². The van der Waals surface area contributed by atoms with Gasteiger partial charge in [-0.05, 0) is 32.1 Å². The molecule has 0 unspecified atom stereocenters. The van der Waals surface area contributed by atoms with Crippen molar-refractivity contribution in [2.75, 3.05) is 18.4 Å². The largest absolute Gasteiger partial charge is 0.410 e. The van der Waals surface area contributed by atoms with Crippen LogP contribution < -0.4 is 5.32 Å². The number of likely N-dealkylation sites (tertiary alicyclic amines) is 1. The third-order valence-corrected chi connectivity index (χ3v) is 5.80. The molecule has 1 fully saturated rings. The molecule has 2 aromatic rings. The van der Waals surface area contributed by atoms with Gasteiger partial charge in [-0.3, -0.25) is 4.79 Å². The average Bonchev–Trinajstić information content (AvgIpc) is 3.32. The van der Waals surface area contributed by atoms with Crippen LogP contribution in [0.3, 0.4) is 0 Å². The maximum absolute atomic E-state index is 13.6. The summed E-state index contributed by atoms with van der Waals surface area (Å²) in [5.41, 5.74) is 0.551. The molecule has 2 aliphatic heterocycles. The Hall–Kier alpha value is -2.52. The van der Waals surface area contributed by atoms with Crippen molar-refractivity contribution in [1.29, 1.82) is 0 Å². The summed E-state index contributed by atoms with van der Waals surface area (Å²) < 4.78 is 47.0. The zero-order valence-electron chi connectivity index (χ0n) is 16.2. The summed E-state index contributed by atoms with van der Waals surface area (Å²) in [6.45, 7) is 2.79. The maximum Gasteiger partial charge on any atom is 0.410 e. The van der Waals surface area contributed by atoms with E-state index in [4.69, 9.17) is 4.52 Å². The summed E-state index contributed by atoms with van der Waals surface area (Å²) in [6, 6.07) is 1.37. The third kappa shape index (κ3) is 4.25. The molecule has 0 aromatic carbocycles. The monoisotopic (exact) mass is 411 g/mol. The quantitative estimate of drug-likeness (QED) is 0.835. The fraction of sp³-hybridized carbons (Fsp3) is 0.632. The van der Waals surface area contributed by atoms with Gasteiger partial charge < -0.3 is 14.7 Å². The van der Waals surface area contributed by atoms with Gasteiger partial charge >= 0.3 is 6.18 Å². The number of aromatic nitrogens is 3. The molecule has 10 heteroatoms. The van der Waals surface area contributed by atoms with E-state index in [1.807, 2.05) is 0 Å². The zero-order valence-corrected chi connectivity index (χ0v) is 16.2. The fourth-order valence-corrected chi connectivity index (χ4v) is 4.36. The molecule has 3 atom stereocenters. The highest BCUT2D eigenvalue weighted by Crippen LogP contribution is 2.42. The van der Waals surface area contributed by atoms with E-state index >= 15 is 0 Å². The van der Waals surface area contributed by atoms with E-state index < -0.39 is 12.2 Å². The molecule has 0 radical (unpaired) electrons. The predicted molar refractivity (Wildman–Crippen MR) is 98.2 cm³/mol. The molecule has 2 aliphatic rings. The number of amides is 1. The first kappa shape index (κ1) is 19.8. The van der Waals surface area contributed by atoms with E-state index in [1.54, 1.807) is 24.0 Å². The van der Waals surface area contributed by atoms with Gasteiger partial charge in [-0.25, -0.2) is 4.68 Å². The highest BCUT2D eigenvalue weighted by molar-refractivity contribution is 5.76. The van der Waals surface area contributed by atoms with Gasteiger partial charge in [0.05, 0.1) is 11.9 Å². The number of carbonyl (C=O) groups excluding carboxylic acids is 1. The number of alkyl halides is 3. The predicted octanol–water partition coefficient (Wildman–Crippen LogP) is 3.34. The summed E-state index contributed by atoms with van der Waals surface area (Å²) >= 11 is 0. The lowest BCUT2D eigenvalue weighted by atomic mass is 9.85. The van der Waals surface area contributed by atoms with E-state index in [-0.39, 0.29) is 24.3 Å². The van der Waals surface area contributed by atoms with Crippen molar-refractivity contribution < 1.29 is 22.5 Å². The van der Waals surface area contributed by atoms with Crippen LogP contribution in [0.4, 0.5) is 19.0 Å². The van der Waals surface area contributed by atoms with Crippen molar-refractivity contribution in [2.24, 2.45) is 5.92 Å². The number of rotatable bonds is 4. The second-order valence-electron chi connectivity index (χ2n) is 7.88. The summed E-state index contributed by atoms with van der Waals surface area (Å²) in [7, 11) is 0. The number of aryl methyl sites for hydroxylation is 2. The molecule has 7 nitrogen and oxygen atoms in total. The number of nitrogens with one attached hydrogen (secondary N) is 1. The molecule has 1 N–H and O–H groups in total. The highest BCUT2D eigenvalue weighted by atomic mass is 19.4. The van der Waals surface area contributed by atoms with E-state index in [1.165, 1.54) is 6.20 Å². The fourth-order valence-electron chi connectivity index (χ4n) is 4.36. The maximum atomic E-state index is 13.6. The van der Waals surface area contributed by atoms with Crippen LogP contribution in [0.25, 0.3) is 0 Å². The van der Waals surface area contributed by atoms with Crippen LogP contribution in [-0.2, 0) is 11.2 Å². The Labute approximate surface area is 166 Å². The Morgan fingerprint density at radius 2 is 2.24 bits per heavy atom. The minimum atomic E-state index is -4.37. The van der Waals surface area contributed by atoms with Crippen molar-refractivity contribution in [2.45, 2.75) is 57.3 Å². The molecule has 2 aromatic heterocycles. The molecule has 4 heterocycles. The standard InChI is InChI=1S/C19H24F3N5O2/c1-12-9-17-24-15(10-16(19(20,21)22)27(17)25-12)13-3-2-8-26(11-13)18(28)5-4-14-6-7-23-29-14/h6-7,9,13,15-16,24H,2-5,8,10-11H2,1H3/t13-,15+,16-/m1/s1. The molecule has 4 rings (SSSR count). The number of anilines is 1. The smallest absolute Gasteiger partial charge is 0.367 e. The average molecular weight is 411 g/mol. The third-order valence-electron chi connectivity index (χ3n) is 5.80. The number of hydrogen-bond acceptors (Lipinski definition) is 5. The first-order valence-electron chi connectivity index (χ1n) is 9.88. The molecule has 1 amide bonds. The molecule has 0 aliphatic carbocycles. The van der Waals surface area contributed by atoms with E-state index in [9.17, 15) is 18.0 Å². The normalized spacial score (nSPS) is 24.8. The van der Waals surface area contributed by atoms with E-state index in [0.717, 1.165) is 17.5 Å². The molecule has 29 heavy (non-hydrogen) atoms. The van der Waals surface area contributed by atoms with Gasteiger partial charge in [-0.15, -0.1) is 0 Å². The lowest BCUT2D eigenvalue weighted by Crippen LogP contribution is -2.49. The van der Waals surface area contributed by atoms with Gasteiger partial charge in [0.15, 0.2) is 6.04 Å². The van der Waals surface area contributed by atoms with Crippen LogP contribution in [0.2, 0.25) is 0 Å². The molecule has 0 bridgehead atoms. The van der Waals surface area contributed by atoms with Crippen molar-refractivity contribution in [3.63, 3.8) is 0 Å². The zero-order chi connectivity index (χ0) is 20.6. The second-order valence-corrected chi connectivity index (χ2v) is 7.88. The number of carbonyl (C=O) groups is 1. The number of fused-ring (bicyclic) bond motifs is 1. The van der Waals surface area contributed by atoms with Crippen molar-refractivity contribution >= 4 is 11.7 Å². The van der Waals surface area contributed by atoms with Gasteiger partial charge in [0.25, 0.3) is 0 Å². The SMILES string of the molecule is Cc1cc2n(n1)[C@@H](C(F)(F)F)C[C@@H]([C@@H]1CCCN(C(=O)CCc3ccno3)C1)N2. The number of piperidine rings is 1. The summed E-state index contributed by atoms with van der Waals surface area (Å²) in [5, 5.41) is 10.9. The highest BCUT2D eigenvalue weighted by Gasteiger charge is 2.47. The van der Waals surface area contributed by atoms with E-state index in [2.05, 4.69) is 15.6 Å². The van der Waals surface area contributed by atoms with Crippen LogP contribution in [0, 0.1) is 12.8 Å².